The molecule has 1 aromatic carbocycles. The van der Waals surface area contributed by atoms with E-state index in [0.717, 1.165) is 25.9 Å². The molecule has 0 unspecified atom stereocenters. The Balaban J connectivity index is 1.25. The van der Waals surface area contributed by atoms with Crippen LogP contribution in [-0.4, -0.2) is 96.2 Å². The number of fused-ring (bicyclic) bond motifs is 1. The second-order valence-electron chi connectivity index (χ2n) is 12.6. The number of nitrogens with zero attached hydrogens (tertiary/aromatic N) is 3. The normalized spacial score (nSPS) is 27.2. The van der Waals surface area contributed by atoms with Gasteiger partial charge in [-0.25, -0.2) is 4.39 Å². The molecule has 4 aliphatic rings. The van der Waals surface area contributed by atoms with Gasteiger partial charge in [0.2, 0.25) is 17.7 Å². The minimum atomic E-state index is -0.804. The van der Waals surface area contributed by atoms with E-state index in [9.17, 15) is 23.6 Å². The lowest BCUT2D eigenvalue weighted by Gasteiger charge is -2.43. The Morgan fingerprint density at radius 1 is 0.927 bits per heavy atom. The van der Waals surface area contributed by atoms with Gasteiger partial charge >= 0.3 is 0 Å². The Hall–Kier alpha value is -3.01. The van der Waals surface area contributed by atoms with Gasteiger partial charge < -0.3 is 25.3 Å². The van der Waals surface area contributed by atoms with E-state index in [1.54, 1.807) is 11.9 Å². The molecule has 1 spiro atoms. The average Bonchev–Trinajstić information content (AvgIpc) is 3.49. The molecular weight excluding hydrogens is 525 g/mol. The summed E-state index contributed by atoms with van der Waals surface area (Å²) >= 11 is 0. The molecule has 2 atom stereocenters. The molecule has 1 aliphatic carbocycles. The number of hydrogen-bond acceptors (Lipinski definition) is 5. The number of amides is 4. The van der Waals surface area contributed by atoms with Gasteiger partial charge in [-0.2, -0.15) is 0 Å². The number of likely N-dealkylation sites (N-methyl/N-ethyl adjacent to an activating group) is 1. The highest BCUT2D eigenvalue weighted by Crippen LogP contribution is 2.34. The SMILES string of the molecule is CN1CC(=O)NC2(CCN(C(=O)c3ccc(F)cc3)CC2)CC(=O)NCC[C@H]2CN(C3CCCC3)CC[C@H]2CC1=O. The lowest BCUT2D eigenvalue weighted by molar-refractivity contribution is -0.137. The Kier molecular flexibility index (Phi) is 9.26. The first-order valence-electron chi connectivity index (χ1n) is 15.3. The molecule has 1 saturated carbocycles. The Bertz CT molecular complexity index is 1110. The van der Waals surface area contributed by atoms with Crippen molar-refractivity contribution in [1.29, 1.82) is 0 Å². The highest BCUT2D eigenvalue weighted by atomic mass is 19.1. The topological polar surface area (TPSA) is 102 Å². The van der Waals surface area contributed by atoms with Gasteiger partial charge in [-0.05, 0) is 81.2 Å². The van der Waals surface area contributed by atoms with E-state index in [1.165, 1.54) is 54.8 Å². The lowest BCUT2D eigenvalue weighted by atomic mass is 9.80. The summed E-state index contributed by atoms with van der Waals surface area (Å²) in [4.78, 5) is 58.4. The Labute approximate surface area is 242 Å². The lowest BCUT2D eigenvalue weighted by Crippen LogP contribution is -2.59. The molecule has 0 radical (unpaired) electrons. The van der Waals surface area contributed by atoms with Gasteiger partial charge in [0.05, 0.1) is 12.1 Å². The predicted octanol–water partition coefficient (Wildman–Crippen LogP) is 2.56. The van der Waals surface area contributed by atoms with Crippen LogP contribution in [0.5, 0.6) is 0 Å². The van der Waals surface area contributed by atoms with Crippen LogP contribution < -0.4 is 10.6 Å². The Morgan fingerprint density at radius 3 is 2.34 bits per heavy atom. The van der Waals surface area contributed by atoms with E-state index in [2.05, 4.69) is 15.5 Å². The van der Waals surface area contributed by atoms with E-state index >= 15 is 0 Å². The summed E-state index contributed by atoms with van der Waals surface area (Å²) in [5, 5.41) is 6.19. The predicted molar refractivity (Wildman–Crippen MR) is 152 cm³/mol. The molecule has 3 heterocycles. The molecule has 3 saturated heterocycles. The number of rotatable bonds is 2. The molecule has 5 rings (SSSR count). The van der Waals surface area contributed by atoms with Gasteiger partial charge in [-0.15, -0.1) is 0 Å². The van der Waals surface area contributed by atoms with Crippen molar-refractivity contribution in [3.63, 3.8) is 0 Å². The summed E-state index contributed by atoms with van der Waals surface area (Å²) in [5.74, 6) is -0.439. The smallest absolute Gasteiger partial charge is 0.253 e. The molecule has 41 heavy (non-hydrogen) atoms. The number of likely N-dealkylation sites (tertiary alicyclic amines) is 2. The number of nitrogens with one attached hydrogen (secondary N) is 2. The van der Waals surface area contributed by atoms with Crippen molar-refractivity contribution in [3.05, 3.63) is 35.6 Å². The van der Waals surface area contributed by atoms with E-state index in [1.807, 2.05) is 0 Å². The number of benzene rings is 1. The fourth-order valence-corrected chi connectivity index (χ4v) is 7.35. The summed E-state index contributed by atoms with van der Waals surface area (Å²) in [6.07, 6.45) is 8.25. The van der Waals surface area contributed by atoms with Crippen LogP contribution in [-0.2, 0) is 14.4 Å². The third kappa shape index (κ3) is 7.26. The van der Waals surface area contributed by atoms with Crippen molar-refractivity contribution in [1.82, 2.24) is 25.3 Å². The molecule has 4 amide bonds. The van der Waals surface area contributed by atoms with Gasteiger partial charge in [0, 0.05) is 57.7 Å². The third-order valence-corrected chi connectivity index (χ3v) is 9.85. The zero-order valence-electron chi connectivity index (χ0n) is 24.2. The number of carbonyl (C=O) groups is 4. The monoisotopic (exact) mass is 569 g/mol. The Morgan fingerprint density at radius 2 is 1.63 bits per heavy atom. The average molecular weight is 570 g/mol. The number of hydrogen-bond donors (Lipinski definition) is 2. The minimum absolute atomic E-state index is 0.0145. The van der Waals surface area contributed by atoms with Crippen molar-refractivity contribution in [3.8, 4) is 0 Å². The minimum Gasteiger partial charge on any atom is -0.356 e. The van der Waals surface area contributed by atoms with Gasteiger partial charge in [0.25, 0.3) is 5.91 Å². The number of carbonyl (C=O) groups excluding carboxylic acids is 4. The summed E-state index contributed by atoms with van der Waals surface area (Å²) in [5.41, 5.74) is -0.399. The molecular formula is C31H44FN5O4. The summed E-state index contributed by atoms with van der Waals surface area (Å²) in [7, 11) is 1.68. The maximum atomic E-state index is 13.3. The first kappa shape index (κ1) is 29.5. The fourth-order valence-electron chi connectivity index (χ4n) is 7.35. The first-order chi connectivity index (χ1) is 19.7. The van der Waals surface area contributed by atoms with Gasteiger partial charge in [0.1, 0.15) is 5.82 Å². The van der Waals surface area contributed by atoms with Gasteiger partial charge in [0.15, 0.2) is 0 Å². The number of halogens is 1. The second-order valence-corrected chi connectivity index (χ2v) is 12.6. The molecule has 4 fully saturated rings. The summed E-state index contributed by atoms with van der Waals surface area (Å²) in [6, 6.07) is 6.10. The molecule has 10 heteroatoms. The molecule has 3 aliphatic heterocycles. The van der Waals surface area contributed by atoms with Crippen LogP contribution in [0.4, 0.5) is 4.39 Å². The highest BCUT2D eigenvalue weighted by Gasteiger charge is 2.40. The molecule has 224 valence electrons. The fraction of sp³-hybridized carbons (Fsp3) is 0.677. The van der Waals surface area contributed by atoms with Crippen molar-refractivity contribution < 1.29 is 23.6 Å². The van der Waals surface area contributed by atoms with Crippen LogP contribution in [0, 0.1) is 17.7 Å². The molecule has 1 aromatic rings. The standard InChI is InChI=1S/C31H44FN5O4/c1-35-21-28(39)34-31(12-16-36(17-13-31)30(41)22-6-8-25(32)9-7-22)19-27(38)33-14-10-24-20-37(26-4-2-3-5-26)15-11-23(24)18-29(35)40/h6-9,23-24,26H,2-5,10-21H2,1H3,(H,33,38)(H,34,39)/t23-,24-/m0/s1. The quantitative estimate of drug-likeness (QED) is 0.570. The second kappa shape index (κ2) is 12.9. The molecule has 0 bridgehead atoms. The van der Waals surface area contributed by atoms with Gasteiger partial charge in [-0.3, -0.25) is 19.2 Å². The van der Waals surface area contributed by atoms with E-state index in [4.69, 9.17) is 0 Å². The van der Waals surface area contributed by atoms with E-state index < -0.39 is 11.4 Å². The van der Waals surface area contributed by atoms with Crippen LogP contribution in [0.3, 0.4) is 0 Å². The van der Waals surface area contributed by atoms with Crippen molar-refractivity contribution >= 4 is 23.6 Å². The van der Waals surface area contributed by atoms with Crippen LogP contribution in [0.25, 0.3) is 0 Å². The maximum absolute atomic E-state index is 13.3. The van der Waals surface area contributed by atoms with Crippen molar-refractivity contribution in [2.75, 3.05) is 46.3 Å². The molecule has 0 aromatic heterocycles. The van der Waals surface area contributed by atoms with E-state index in [0.29, 0.717) is 56.4 Å². The maximum Gasteiger partial charge on any atom is 0.253 e. The van der Waals surface area contributed by atoms with Gasteiger partial charge in [-0.1, -0.05) is 12.8 Å². The van der Waals surface area contributed by atoms with Crippen molar-refractivity contribution in [2.45, 2.75) is 75.8 Å². The molecule has 2 N–H and O–H groups in total. The highest BCUT2D eigenvalue weighted by molar-refractivity contribution is 5.94. The van der Waals surface area contributed by atoms with Crippen LogP contribution in [0.15, 0.2) is 24.3 Å². The largest absolute Gasteiger partial charge is 0.356 e. The van der Waals surface area contributed by atoms with Crippen LogP contribution >= 0.6 is 0 Å². The zero-order chi connectivity index (χ0) is 29.0. The summed E-state index contributed by atoms with van der Waals surface area (Å²) in [6.45, 7) is 3.18. The molecule has 9 nitrogen and oxygen atoms in total. The zero-order valence-corrected chi connectivity index (χ0v) is 24.2. The van der Waals surface area contributed by atoms with Crippen LogP contribution in [0.2, 0.25) is 0 Å². The third-order valence-electron chi connectivity index (χ3n) is 9.85. The summed E-state index contributed by atoms with van der Waals surface area (Å²) < 4.78 is 13.3. The van der Waals surface area contributed by atoms with E-state index in [-0.39, 0.29) is 42.5 Å². The van der Waals surface area contributed by atoms with Crippen LogP contribution in [0.1, 0.15) is 74.6 Å². The number of piperidine rings is 2. The van der Waals surface area contributed by atoms with Crippen molar-refractivity contribution in [2.24, 2.45) is 11.8 Å². The first-order valence-corrected chi connectivity index (χ1v) is 15.3.